The second-order valence-corrected chi connectivity index (χ2v) is 12.4. The van der Waals surface area contributed by atoms with Gasteiger partial charge in [-0.25, -0.2) is 0 Å². The maximum Gasteiger partial charge on any atom is 0.186 e. The zero-order valence-corrected chi connectivity index (χ0v) is 14.7. The summed E-state index contributed by atoms with van der Waals surface area (Å²) in [4.78, 5) is 0. The van der Waals surface area contributed by atoms with Gasteiger partial charge in [-0.05, 0) is 44.6 Å². The summed E-state index contributed by atoms with van der Waals surface area (Å²) in [6.07, 6.45) is 4.89. The Bertz CT molecular complexity index is 175. The number of hydrogen-bond acceptors (Lipinski definition) is 2. The molecule has 1 unspecified atom stereocenters. The highest BCUT2D eigenvalue weighted by Crippen LogP contribution is 2.17. The van der Waals surface area contributed by atoms with Crippen molar-refractivity contribution in [3.05, 3.63) is 0 Å². The Balaban J connectivity index is 3.61. The first-order chi connectivity index (χ1) is 8.02. The fourth-order valence-electron chi connectivity index (χ4n) is 1.63. The summed E-state index contributed by atoms with van der Waals surface area (Å²) in [5, 5.41) is 0. The van der Waals surface area contributed by atoms with Crippen LogP contribution in [-0.4, -0.2) is 30.6 Å². The van der Waals surface area contributed by atoms with Gasteiger partial charge in [0.05, 0.1) is 0 Å². The van der Waals surface area contributed by atoms with Crippen molar-refractivity contribution in [2.75, 3.05) is 13.2 Å². The minimum absolute atomic E-state index is 0.920. The zero-order chi connectivity index (χ0) is 13.1. The fourth-order valence-corrected chi connectivity index (χ4v) is 7.61. The van der Waals surface area contributed by atoms with Gasteiger partial charge in [-0.15, -0.1) is 0 Å². The van der Waals surface area contributed by atoms with Crippen LogP contribution < -0.4 is 0 Å². The van der Waals surface area contributed by atoms with Gasteiger partial charge < -0.3 is 8.85 Å². The number of hydrogen-bond donors (Lipinski definition) is 0. The van der Waals surface area contributed by atoms with Crippen LogP contribution in [0.15, 0.2) is 0 Å². The normalized spacial score (nSPS) is 13.9. The number of rotatable bonds is 11. The van der Waals surface area contributed by atoms with Gasteiger partial charge >= 0.3 is 0 Å². The van der Waals surface area contributed by atoms with Gasteiger partial charge in [0, 0.05) is 13.2 Å². The monoisotopic (exact) mass is 276 g/mol. The molecule has 0 aromatic heterocycles. The molecule has 0 amide bonds. The standard InChI is InChI=1S/C13H32O2Si2/c1-6-8-10-14-16(3)12-13-17(4,5)15-11-9-7-2/h16H,6-13H2,1-5H3. The molecule has 1 atom stereocenters. The Hall–Kier alpha value is 0.354. The van der Waals surface area contributed by atoms with Crippen LogP contribution in [0.2, 0.25) is 31.7 Å². The summed E-state index contributed by atoms with van der Waals surface area (Å²) in [6, 6.07) is 2.56. The minimum Gasteiger partial charge on any atom is -0.420 e. The topological polar surface area (TPSA) is 18.5 Å². The highest BCUT2D eigenvalue weighted by Gasteiger charge is 2.23. The molecule has 0 fully saturated rings. The molecule has 0 spiro atoms. The Morgan fingerprint density at radius 1 is 1.00 bits per heavy atom. The van der Waals surface area contributed by atoms with E-state index >= 15 is 0 Å². The van der Waals surface area contributed by atoms with Crippen LogP contribution in [0.4, 0.5) is 0 Å². The average Bonchev–Trinajstić information content (AvgIpc) is 2.27. The summed E-state index contributed by atoms with van der Waals surface area (Å²) >= 11 is 0. The lowest BCUT2D eigenvalue weighted by Crippen LogP contribution is -2.32. The second kappa shape index (κ2) is 10.3. The second-order valence-electron chi connectivity index (χ2n) is 5.54. The molecule has 104 valence electrons. The molecule has 0 saturated carbocycles. The molecule has 4 heteroatoms. The first kappa shape index (κ1) is 17.4. The SMILES string of the molecule is CCCCO[SiH](C)CC[Si](C)(C)OCCCC. The van der Waals surface area contributed by atoms with Crippen LogP contribution in [0.25, 0.3) is 0 Å². The van der Waals surface area contributed by atoms with Gasteiger partial charge in [-0.2, -0.15) is 0 Å². The summed E-state index contributed by atoms with van der Waals surface area (Å²) < 4.78 is 12.0. The Kier molecular flexibility index (Phi) is 10.5. The van der Waals surface area contributed by atoms with Crippen molar-refractivity contribution in [1.29, 1.82) is 0 Å². The minimum atomic E-state index is -1.40. The van der Waals surface area contributed by atoms with Crippen LogP contribution in [-0.2, 0) is 8.85 Å². The molecule has 0 N–H and O–H groups in total. The molecular formula is C13H32O2Si2. The Morgan fingerprint density at radius 3 is 2.18 bits per heavy atom. The molecule has 0 aromatic carbocycles. The van der Waals surface area contributed by atoms with Gasteiger partial charge in [0.15, 0.2) is 17.4 Å². The summed E-state index contributed by atoms with van der Waals surface area (Å²) in [5.74, 6) is 0. The lowest BCUT2D eigenvalue weighted by atomic mass is 10.4. The lowest BCUT2D eigenvalue weighted by molar-refractivity contribution is 0.296. The molecule has 17 heavy (non-hydrogen) atoms. The van der Waals surface area contributed by atoms with Crippen molar-refractivity contribution in [2.24, 2.45) is 0 Å². The van der Waals surface area contributed by atoms with Crippen molar-refractivity contribution in [3.8, 4) is 0 Å². The van der Waals surface area contributed by atoms with Gasteiger partial charge in [0.1, 0.15) is 0 Å². The zero-order valence-electron chi connectivity index (χ0n) is 12.6. The Morgan fingerprint density at radius 2 is 1.59 bits per heavy atom. The summed E-state index contributed by atoms with van der Waals surface area (Å²) in [7, 11) is -2.32. The molecular weight excluding hydrogens is 244 g/mol. The predicted octanol–water partition coefficient (Wildman–Crippen LogP) is 4.18. The molecule has 0 aliphatic carbocycles. The number of unbranched alkanes of at least 4 members (excludes halogenated alkanes) is 2. The smallest absolute Gasteiger partial charge is 0.186 e. The van der Waals surface area contributed by atoms with E-state index in [-0.39, 0.29) is 0 Å². The van der Waals surface area contributed by atoms with E-state index in [1.807, 2.05) is 0 Å². The van der Waals surface area contributed by atoms with E-state index in [4.69, 9.17) is 8.85 Å². The Labute approximate surface area is 111 Å². The van der Waals surface area contributed by atoms with Crippen LogP contribution in [0, 0.1) is 0 Å². The first-order valence-corrected chi connectivity index (χ1v) is 12.8. The maximum atomic E-state index is 6.05. The fraction of sp³-hybridized carbons (Fsp3) is 1.00. The quantitative estimate of drug-likeness (QED) is 0.416. The van der Waals surface area contributed by atoms with Crippen LogP contribution in [0.3, 0.4) is 0 Å². The third-order valence-electron chi connectivity index (χ3n) is 3.04. The molecule has 0 bridgehead atoms. The van der Waals surface area contributed by atoms with Gasteiger partial charge in [0.2, 0.25) is 0 Å². The summed E-state index contributed by atoms with van der Waals surface area (Å²) in [6.45, 7) is 13.4. The molecule has 0 aliphatic heterocycles. The molecule has 0 heterocycles. The molecule has 0 radical (unpaired) electrons. The third-order valence-corrected chi connectivity index (χ3v) is 8.01. The van der Waals surface area contributed by atoms with E-state index in [0.29, 0.717) is 0 Å². The van der Waals surface area contributed by atoms with E-state index in [2.05, 4.69) is 33.5 Å². The van der Waals surface area contributed by atoms with E-state index in [9.17, 15) is 0 Å². The average molecular weight is 277 g/mol. The highest BCUT2D eigenvalue weighted by molar-refractivity contribution is 6.72. The van der Waals surface area contributed by atoms with Crippen LogP contribution >= 0.6 is 0 Å². The van der Waals surface area contributed by atoms with Crippen molar-refractivity contribution in [3.63, 3.8) is 0 Å². The van der Waals surface area contributed by atoms with E-state index < -0.39 is 17.4 Å². The van der Waals surface area contributed by atoms with Gasteiger partial charge in [0.25, 0.3) is 0 Å². The predicted molar refractivity (Wildman–Crippen MR) is 81.8 cm³/mol. The highest BCUT2D eigenvalue weighted by atomic mass is 28.4. The molecule has 0 aliphatic rings. The molecule has 0 rings (SSSR count). The maximum absolute atomic E-state index is 6.05. The van der Waals surface area contributed by atoms with Gasteiger partial charge in [-0.3, -0.25) is 0 Å². The van der Waals surface area contributed by atoms with Crippen molar-refractivity contribution in [1.82, 2.24) is 0 Å². The van der Waals surface area contributed by atoms with E-state index in [1.54, 1.807) is 0 Å². The van der Waals surface area contributed by atoms with Crippen molar-refractivity contribution in [2.45, 2.75) is 71.3 Å². The van der Waals surface area contributed by atoms with Crippen LogP contribution in [0.5, 0.6) is 0 Å². The van der Waals surface area contributed by atoms with E-state index in [0.717, 1.165) is 13.2 Å². The largest absolute Gasteiger partial charge is 0.420 e. The first-order valence-electron chi connectivity index (χ1n) is 7.27. The van der Waals surface area contributed by atoms with Crippen LogP contribution in [0.1, 0.15) is 39.5 Å². The molecule has 0 saturated heterocycles. The summed E-state index contributed by atoms with van der Waals surface area (Å²) in [5.41, 5.74) is 0. The third kappa shape index (κ3) is 11.2. The molecule has 0 aromatic rings. The van der Waals surface area contributed by atoms with Gasteiger partial charge in [-0.1, -0.05) is 26.7 Å². The molecule has 2 nitrogen and oxygen atoms in total. The van der Waals surface area contributed by atoms with E-state index in [1.165, 1.54) is 37.8 Å². The lowest BCUT2D eigenvalue weighted by Gasteiger charge is -2.24. The van der Waals surface area contributed by atoms with Crippen molar-refractivity contribution < 1.29 is 8.85 Å². The van der Waals surface area contributed by atoms with Crippen molar-refractivity contribution >= 4 is 17.4 Å².